The van der Waals surface area contributed by atoms with Gasteiger partial charge >= 0.3 is 6.09 Å². The molecule has 0 saturated carbocycles. The summed E-state index contributed by atoms with van der Waals surface area (Å²) in [5.74, 6) is 0. The van der Waals surface area contributed by atoms with Crippen LogP contribution in [0.3, 0.4) is 0 Å². The highest BCUT2D eigenvalue weighted by molar-refractivity contribution is 5.69. The highest BCUT2D eigenvalue weighted by Gasteiger charge is 2.35. The average Bonchev–Trinajstić information content (AvgIpc) is 3.12. The first kappa shape index (κ1) is 15.5. The Morgan fingerprint density at radius 1 is 1.52 bits per heavy atom. The van der Waals surface area contributed by atoms with E-state index in [1.54, 1.807) is 23.3 Å². The van der Waals surface area contributed by atoms with E-state index < -0.39 is 17.7 Å². The summed E-state index contributed by atoms with van der Waals surface area (Å²) in [4.78, 5) is 14.0. The van der Waals surface area contributed by atoms with Gasteiger partial charge in [0.2, 0.25) is 0 Å². The number of aliphatic hydroxyl groups is 1. The van der Waals surface area contributed by atoms with Crippen LogP contribution in [0.2, 0.25) is 0 Å². The van der Waals surface area contributed by atoms with E-state index in [0.29, 0.717) is 12.2 Å². The van der Waals surface area contributed by atoms with Gasteiger partial charge in [-0.3, -0.25) is 4.90 Å². The molecule has 124 valence electrons. The molecule has 1 aliphatic rings. The molecule has 0 bridgehead atoms. The third-order valence-electron chi connectivity index (χ3n) is 3.62. The van der Waals surface area contributed by atoms with E-state index in [9.17, 15) is 9.90 Å². The van der Waals surface area contributed by atoms with Gasteiger partial charge in [0.25, 0.3) is 0 Å². The van der Waals surface area contributed by atoms with Crippen molar-refractivity contribution in [3.63, 3.8) is 0 Å². The molecule has 2 aromatic rings. The number of amides is 1. The molecular formula is C15H20N4O4. The van der Waals surface area contributed by atoms with Crippen LogP contribution in [0.4, 0.5) is 4.79 Å². The van der Waals surface area contributed by atoms with Crippen molar-refractivity contribution in [2.24, 2.45) is 0 Å². The average molecular weight is 320 g/mol. The zero-order valence-electron chi connectivity index (χ0n) is 13.4. The monoisotopic (exact) mass is 320 g/mol. The Morgan fingerprint density at radius 2 is 2.30 bits per heavy atom. The van der Waals surface area contributed by atoms with E-state index in [4.69, 9.17) is 9.15 Å². The summed E-state index contributed by atoms with van der Waals surface area (Å²) in [6.45, 7) is 5.91. The molecule has 23 heavy (non-hydrogen) atoms. The van der Waals surface area contributed by atoms with Crippen molar-refractivity contribution in [3.8, 4) is 11.3 Å². The molecule has 2 aromatic heterocycles. The summed E-state index contributed by atoms with van der Waals surface area (Å²) < 4.78 is 12.2. The Kier molecular flexibility index (Phi) is 3.85. The first-order chi connectivity index (χ1) is 10.9. The Balaban J connectivity index is 1.90. The minimum atomic E-state index is -0.597. The molecule has 0 radical (unpaired) electrons. The van der Waals surface area contributed by atoms with Crippen molar-refractivity contribution in [1.82, 2.24) is 19.9 Å². The Labute approximate surface area is 133 Å². The molecule has 8 nitrogen and oxygen atoms in total. The van der Waals surface area contributed by atoms with Crippen molar-refractivity contribution in [2.45, 2.75) is 45.5 Å². The van der Waals surface area contributed by atoms with E-state index in [0.717, 1.165) is 11.3 Å². The number of furan rings is 1. The van der Waals surface area contributed by atoms with Gasteiger partial charge < -0.3 is 14.3 Å². The minimum absolute atomic E-state index is 0.167. The lowest BCUT2D eigenvalue weighted by atomic mass is 10.1. The van der Waals surface area contributed by atoms with E-state index in [2.05, 4.69) is 10.3 Å². The molecule has 3 rings (SSSR count). The summed E-state index contributed by atoms with van der Waals surface area (Å²) >= 11 is 0. The molecule has 1 atom stereocenters. The molecule has 8 heteroatoms. The summed E-state index contributed by atoms with van der Waals surface area (Å²) in [5, 5.41) is 17.9. The van der Waals surface area contributed by atoms with Crippen LogP contribution in [0, 0.1) is 0 Å². The zero-order chi connectivity index (χ0) is 16.6. The standard InChI is InChI=1S/C15H20N4O4/c1-15(2,3)23-14(21)18-7-12-13(10-4-5-22-9-10)16-17-19(12)6-11(18)8-20/h4-5,9,11,20H,6-8H2,1-3H3/t11-/m0/s1. The second-order valence-corrected chi connectivity index (χ2v) is 6.52. The third-order valence-corrected chi connectivity index (χ3v) is 3.62. The number of aliphatic hydroxyl groups excluding tert-OH is 1. The molecule has 1 aliphatic heterocycles. The fourth-order valence-electron chi connectivity index (χ4n) is 2.54. The van der Waals surface area contributed by atoms with E-state index in [1.165, 1.54) is 4.90 Å². The van der Waals surface area contributed by atoms with Gasteiger partial charge in [-0.25, -0.2) is 9.48 Å². The van der Waals surface area contributed by atoms with Crippen LogP contribution in [-0.4, -0.2) is 49.3 Å². The molecule has 0 spiro atoms. The quantitative estimate of drug-likeness (QED) is 0.904. The number of nitrogens with zero attached hydrogens (tertiary/aromatic N) is 4. The lowest BCUT2D eigenvalue weighted by Gasteiger charge is -2.35. The van der Waals surface area contributed by atoms with Gasteiger partial charge in [-0.2, -0.15) is 0 Å². The normalized spacial score (nSPS) is 17.9. The first-order valence-electron chi connectivity index (χ1n) is 7.44. The van der Waals surface area contributed by atoms with Crippen molar-refractivity contribution >= 4 is 6.09 Å². The smallest absolute Gasteiger partial charge is 0.411 e. The largest absolute Gasteiger partial charge is 0.472 e. The van der Waals surface area contributed by atoms with Crippen molar-refractivity contribution in [3.05, 3.63) is 24.3 Å². The van der Waals surface area contributed by atoms with Gasteiger partial charge in [0, 0.05) is 5.56 Å². The van der Waals surface area contributed by atoms with Crippen molar-refractivity contribution < 1.29 is 19.1 Å². The van der Waals surface area contributed by atoms with E-state index >= 15 is 0 Å². The van der Waals surface area contributed by atoms with Crippen LogP contribution in [-0.2, 0) is 17.8 Å². The van der Waals surface area contributed by atoms with Crippen molar-refractivity contribution in [1.29, 1.82) is 0 Å². The van der Waals surface area contributed by atoms with Gasteiger partial charge in [-0.05, 0) is 26.8 Å². The number of aromatic nitrogens is 3. The number of carbonyl (C=O) groups is 1. The van der Waals surface area contributed by atoms with Crippen molar-refractivity contribution in [2.75, 3.05) is 6.61 Å². The summed E-state index contributed by atoms with van der Waals surface area (Å²) in [7, 11) is 0. The fraction of sp³-hybridized carbons (Fsp3) is 0.533. The summed E-state index contributed by atoms with van der Waals surface area (Å²) in [6.07, 6.45) is 2.69. The Morgan fingerprint density at radius 3 is 2.91 bits per heavy atom. The zero-order valence-corrected chi connectivity index (χ0v) is 13.4. The summed E-state index contributed by atoms with van der Waals surface area (Å²) in [5.41, 5.74) is 1.67. The minimum Gasteiger partial charge on any atom is -0.472 e. The van der Waals surface area contributed by atoms with Crippen LogP contribution in [0.15, 0.2) is 23.0 Å². The number of fused-ring (bicyclic) bond motifs is 1. The predicted molar refractivity (Wildman–Crippen MR) is 80.4 cm³/mol. The number of rotatable bonds is 2. The predicted octanol–water partition coefficient (Wildman–Crippen LogP) is 1.65. The van der Waals surface area contributed by atoms with Gasteiger partial charge in [-0.1, -0.05) is 5.21 Å². The highest BCUT2D eigenvalue weighted by Crippen LogP contribution is 2.27. The number of ether oxygens (including phenoxy) is 1. The lowest BCUT2D eigenvalue weighted by molar-refractivity contribution is -0.00193. The fourth-order valence-corrected chi connectivity index (χ4v) is 2.54. The van der Waals surface area contributed by atoms with Crippen LogP contribution < -0.4 is 0 Å². The van der Waals surface area contributed by atoms with Gasteiger partial charge in [0.1, 0.15) is 11.3 Å². The molecule has 0 aliphatic carbocycles. The third kappa shape index (κ3) is 3.07. The maximum absolute atomic E-state index is 12.4. The molecule has 0 unspecified atom stereocenters. The number of hydrogen-bond acceptors (Lipinski definition) is 6. The molecule has 3 heterocycles. The van der Waals surface area contributed by atoms with Crippen LogP contribution >= 0.6 is 0 Å². The molecule has 1 amide bonds. The second kappa shape index (κ2) is 5.69. The SMILES string of the molecule is CC(C)(C)OC(=O)N1Cc2c(-c3ccoc3)nnn2C[C@H]1CO. The Bertz CT molecular complexity index is 687. The molecule has 0 aromatic carbocycles. The topological polar surface area (TPSA) is 93.6 Å². The van der Waals surface area contributed by atoms with E-state index in [-0.39, 0.29) is 13.2 Å². The Hall–Kier alpha value is -2.35. The first-order valence-corrected chi connectivity index (χ1v) is 7.44. The van der Waals surface area contributed by atoms with Gasteiger partial charge in [0.15, 0.2) is 0 Å². The van der Waals surface area contributed by atoms with Crippen LogP contribution in [0.1, 0.15) is 26.5 Å². The van der Waals surface area contributed by atoms with Gasteiger partial charge in [-0.15, -0.1) is 5.10 Å². The second-order valence-electron chi connectivity index (χ2n) is 6.52. The maximum Gasteiger partial charge on any atom is 0.411 e. The molecule has 1 N–H and O–H groups in total. The van der Waals surface area contributed by atoms with Crippen LogP contribution in [0.5, 0.6) is 0 Å². The lowest BCUT2D eigenvalue weighted by Crippen LogP contribution is -2.50. The van der Waals surface area contributed by atoms with Crippen LogP contribution in [0.25, 0.3) is 11.3 Å². The number of hydrogen-bond donors (Lipinski definition) is 1. The summed E-state index contributed by atoms with van der Waals surface area (Å²) in [6, 6.07) is 1.40. The molecular weight excluding hydrogens is 300 g/mol. The maximum atomic E-state index is 12.4. The molecule has 0 fully saturated rings. The van der Waals surface area contributed by atoms with E-state index in [1.807, 2.05) is 20.8 Å². The molecule has 0 saturated heterocycles. The number of carbonyl (C=O) groups excluding carboxylic acids is 1. The van der Waals surface area contributed by atoms with Gasteiger partial charge in [0.05, 0.1) is 44.0 Å². The highest BCUT2D eigenvalue weighted by atomic mass is 16.6.